The molecular formula is C12H19ClN4O. The van der Waals surface area contributed by atoms with E-state index in [4.69, 9.17) is 16.8 Å². The van der Waals surface area contributed by atoms with Gasteiger partial charge in [-0.3, -0.25) is 9.58 Å². The Morgan fingerprint density at radius 2 is 2.28 bits per heavy atom. The van der Waals surface area contributed by atoms with Crippen LogP contribution in [0, 0.1) is 12.8 Å². The highest BCUT2D eigenvalue weighted by Crippen LogP contribution is 2.23. The molecule has 0 amide bonds. The van der Waals surface area contributed by atoms with Crippen LogP contribution in [0.1, 0.15) is 24.6 Å². The van der Waals surface area contributed by atoms with Gasteiger partial charge in [0, 0.05) is 44.6 Å². The molecule has 1 aliphatic rings. The molecule has 1 saturated heterocycles. The van der Waals surface area contributed by atoms with Gasteiger partial charge in [-0.25, -0.2) is 0 Å². The minimum Gasteiger partial charge on any atom is -0.411 e. The average Bonchev–Trinajstić information content (AvgIpc) is 2.56. The summed E-state index contributed by atoms with van der Waals surface area (Å²) < 4.78 is 1.71. The lowest BCUT2D eigenvalue weighted by molar-refractivity contribution is 0.228. The van der Waals surface area contributed by atoms with E-state index in [2.05, 4.69) is 22.1 Å². The van der Waals surface area contributed by atoms with Gasteiger partial charge in [-0.1, -0.05) is 23.7 Å². The molecule has 5 nitrogen and oxygen atoms in total. The van der Waals surface area contributed by atoms with E-state index in [0.29, 0.717) is 11.1 Å². The summed E-state index contributed by atoms with van der Waals surface area (Å²) >= 11 is 6.24. The molecule has 1 aromatic heterocycles. The van der Waals surface area contributed by atoms with Gasteiger partial charge in [0.15, 0.2) is 0 Å². The predicted molar refractivity (Wildman–Crippen MR) is 71.2 cm³/mol. The first kappa shape index (κ1) is 13.4. The second-order valence-corrected chi connectivity index (χ2v) is 5.31. The number of nitrogens with zero attached hydrogens (tertiary/aromatic N) is 4. The fourth-order valence-corrected chi connectivity index (χ4v) is 2.71. The fraction of sp³-hybridized carbons (Fsp3) is 0.667. The molecule has 0 saturated carbocycles. The molecule has 1 aromatic rings. The van der Waals surface area contributed by atoms with E-state index in [1.807, 2.05) is 14.0 Å². The monoisotopic (exact) mass is 270 g/mol. The Labute approximate surface area is 112 Å². The first-order valence-corrected chi connectivity index (χ1v) is 6.52. The van der Waals surface area contributed by atoms with Crippen LogP contribution >= 0.6 is 11.6 Å². The molecule has 6 heteroatoms. The third kappa shape index (κ3) is 2.52. The number of hydrogen-bond acceptors (Lipinski definition) is 4. The van der Waals surface area contributed by atoms with E-state index >= 15 is 0 Å². The molecule has 1 fully saturated rings. The SMILES string of the molecule is Cc1nn(C)c(Cl)c1CN1CCC(=NO)C(C)C1. The average molecular weight is 271 g/mol. The molecule has 100 valence electrons. The Balaban J connectivity index is 2.07. The predicted octanol–water partition coefficient (Wildman–Crippen LogP) is 2.05. The van der Waals surface area contributed by atoms with E-state index < -0.39 is 0 Å². The topological polar surface area (TPSA) is 53.7 Å². The summed E-state index contributed by atoms with van der Waals surface area (Å²) in [6.07, 6.45) is 0.814. The van der Waals surface area contributed by atoms with Crippen LogP contribution in [-0.4, -0.2) is 38.7 Å². The molecule has 0 bridgehead atoms. The summed E-state index contributed by atoms with van der Waals surface area (Å²) in [4.78, 5) is 2.33. The van der Waals surface area contributed by atoms with Gasteiger partial charge >= 0.3 is 0 Å². The minimum atomic E-state index is 0.291. The van der Waals surface area contributed by atoms with Crippen molar-refractivity contribution in [3.8, 4) is 0 Å². The quantitative estimate of drug-likeness (QED) is 0.661. The fourth-order valence-electron chi connectivity index (χ4n) is 2.47. The highest BCUT2D eigenvalue weighted by molar-refractivity contribution is 6.30. The van der Waals surface area contributed by atoms with Crippen molar-refractivity contribution in [1.82, 2.24) is 14.7 Å². The van der Waals surface area contributed by atoms with Gasteiger partial charge < -0.3 is 5.21 Å². The lowest BCUT2D eigenvalue weighted by atomic mass is 9.97. The number of piperidine rings is 1. The van der Waals surface area contributed by atoms with Gasteiger partial charge in [-0.05, 0) is 6.92 Å². The van der Waals surface area contributed by atoms with Gasteiger partial charge in [0.25, 0.3) is 0 Å². The van der Waals surface area contributed by atoms with Crippen molar-refractivity contribution in [2.45, 2.75) is 26.8 Å². The molecule has 2 heterocycles. The van der Waals surface area contributed by atoms with Crippen molar-refractivity contribution in [2.75, 3.05) is 13.1 Å². The van der Waals surface area contributed by atoms with Crippen LogP contribution in [0.15, 0.2) is 5.16 Å². The van der Waals surface area contributed by atoms with Crippen LogP contribution in [-0.2, 0) is 13.6 Å². The summed E-state index contributed by atoms with van der Waals surface area (Å²) in [6, 6.07) is 0. The van der Waals surface area contributed by atoms with E-state index in [1.54, 1.807) is 4.68 Å². The number of halogens is 1. The molecule has 0 spiro atoms. The number of aromatic nitrogens is 2. The van der Waals surface area contributed by atoms with Crippen molar-refractivity contribution < 1.29 is 5.21 Å². The van der Waals surface area contributed by atoms with Crippen molar-refractivity contribution in [3.05, 3.63) is 16.4 Å². The highest BCUT2D eigenvalue weighted by Gasteiger charge is 2.24. The molecular weight excluding hydrogens is 252 g/mol. The lowest BCUT2D eigenvalue weighted by Gasteiger charge is -2.31. The van der Waals surface area contributed by atoms with Crippen LogP contribution in [0.3, 0.4) is 0 Å². The Hall–Kier alpha value is -1.07. The maximum atomic E-state index is 8.86. The van der Waals surface area contributed by atoms with Crippen molar-refractivity contribution in [1.29, 1.82) is 0 Å². The number of rotatable bonds is 2. The van der Waals surface area contributed by atoms with Gasteiger partial charge in [0.05, 0.1) is 11.4 Å². The van der Waals surface area contributed by atoms with Gasteiger partial charge in [-0.15, -0.1) is 0 Å². The zero-order valence-electron chi connectivity index (χ0n) is 11.0. The van der Waals surface area contributed by atoms with Crippen LogP contribution < -0.4 is 0 Å². The third-order valence-electron chi connectivity index (χ3n) is 3.57. The van der Waals surface area contributed by atoms with Gasteiger partial charge in [0.2, 0.25) is 0 Å². The summed E-state index contributed by atoms with van der Waals surface area (Å²) in [7, 11) is 1.86. The van der Waals surface area contributed by atoms with E-state index in [-0.39, 0.29) is 0 Å². The smallest absolute Gasteiger partial charge is 0.131 e. The second kappa shape index (κ2) is 5.28. The number of oxime groups is 1. The standard InChI is InChI=1S/C12H19ClN4O/c1-8-6-17(5-4-11(8)15-18)7-10-9(2)14-16(3)12(10)13/h8,18H,4-7H2,1-3H3. The Morgan fingerprint density at radius 3 is 2.78 bits per heavy atom. The normalized spacial score (nSPS) is 23.8. The molecule has 1 unspecified atom stereocenters. The van der Waals surface area contributed by atoms with Crippen molar-refractivity contribution in [3.63, 3.8) is 0 Å². The van der Waals surface area contributed by atoms with Crippen LogP contribution in [0.5, 0.6) is 0 Å². The second-order valence-electron chi connectivity index (χ2n) is 4.96. The molecule has 1 atom stereocenters. The maximum absolute atomic E-state index is 8.86. The van der Waals surface area contributed by atoms with Crippen molar-refractivity contribution in [2.24, 2.45) is 18.1 Å². The molecule has 18 heavy (non-hydrogen) atoms. The summed E-state index contributed by atoms with van der Waals surface area (Å²) in [6.45, 7) is 6.66. The van der Waals surface area contributed by atoms with Gasteiger partial charge in [0.1, 0.15) is 5.15 Å². The first-order chi connectivity index (χ1) is 8.52. The van der Waals surface area contributed by atoms with E-state index in [1.165, 1.54) is 0 Å². The van der Waals surface area contributed by atoms with Crippen LogP contribution in [0.4, 0.5) is 0 Å². The Morgan fingerprint density at radius 1 is 1.56 bits per heavy atom. The first-order valence-electron chi connectivity index (χ1n) is 6.14. The Bertz CT molecular complexity index is 469. The molecule has 1 aliphatic heterocycles. The van der Waals surface area contributed by atoms with Crippen molar-refractivity contribution >= 4 is 17.3 Å². The summed E-state index contributed by atoms with van der Waals surface area (Å²) in [5.41, 5.74) is 2.97. The van der Waals surface area contributed by atoms with Gasteiger partial charge in [-0.2, -0.15) is 5.10 Å². The summed E-state index contributed by atoms with van der Waals surface area (Å²) in [5, 5.41) is 17.3. The zero-order valence-corrected chi connectivity index (χ0v) is 11.8. The number of likely N-dealkylation sites (tertiary alicyclic amines) is 1. The lowest BCUT2D eigenvalue weighted by Crippen LogP contribution is -2.39. The Kier molecular flexibility index (Phi) is 3.92. The van der Waals surface area contributed by atoms with E-state index in [9.17, 15) is 0 Å². The molecule has 0 radical (unpaired) electrons. The highest BCUT2D eigenvalue weighted by atomic mass is 35.5. The van der Waals surface area contributed by atoms with Crippen LogP contribution in [0.25, 0.3) is 0 Å². The molecule has 2 rings (SSSR count). The maximum Gasteiger partial charge on any atom is 0.131 e. The minimum absolute atomic E-state index is 0.291. The van der Waals surface area contributed by atoms with Crippen LogP contribution in [0.2, 0.25) is 5.15 Å². The molecule has 0 aromatic carbocycles. The molecule has 1 N–H and O–H groups in total. The zero-order chi connectivity index (χ0) is 13.3. The summed E-state index contributed by atoms with van der Waals surface area (Å²) in [5.74, 6) is 0.291. The third-order valence-corrected chi connectivity index (χ3v) is 4.04. The number of aryl methyl sites for hydroxylation is 2. The largest absolute Gasteiger partial charge is 0.411 e. The number of hydrogen-bond donors (Lipinski definition) is 1. The molecule has 0 aliphatic carbocycles. The van der Waals surface area contributed by atoms with E-state index in [0.717, 1.165) is 43.0 Å².